The van der Waals surface area contributed by atoms with Gasteiger partial charge < -0.3 is 24.3 Å². The first-order valence-electron chi connectivity index (χ1n) is 8.71. The van der Waals surface area contributed by atoms with Crippen LogP contribution >= 0.6 is 11.6 Å². The van der Waals surface area contributed by atoms with Crippen LogP contribution in [0.4, 0.5) is 11.4 Å². The molecule has 10 heteroatoms. The van der Waals surface area contributed by atoms with Gasteiger partial charge in [-0.3, -0.25) is 9.59 Å². The number of benzene rings is 2. The average Bonchev–Trinajstić information content (AvgIpc) is 2.74. The zero-order chi connectivity index (χ0) is 22.3. The van der Waals surface area contributed by atoms with Gasteiger partial charge in [-0.05, 0) is 31.2 Å². The lowest BCUT2D eigenvalue weighted by atomic mass is 10.2. The molecule has 1 unspecified atom stereocenters. The summed E-state index contributed by atoms with van der Waals surface area (Å²) in [6.45, 7) is 1.24. The highest BCUT2D eigenvalue weighted by molar-refractivity contribution is 6.35. The second-order valence-electron chi connectivity index (χ2n) is 5.89. The Labute approximate surface area is 178 Å². The van der Waals surface area contributed by atoms with Crippen LogP contribution < -0.4 is 24.3 Å². The monoisotopic (exact) mass is 435 g/mol. The van der Waals surface area contributed by atoms with Crippen molar-refractivity contribution >= 4 is 34.7 Å². The molecule has 1 atom stereocenters. The fourth-order valence-corrected chi connectivity index (χ4v) is 2.83. The Balaban J connectivity index is 2.34. The number of nitrogens with zero attached hydrogens (tertiary/aromatic N) is 2. The van der Waals surface area contributed by atoms with Gasteiger partial charge in [0.2, 0.25) is 6.04 Å². The van der Waals surface area contributed by atoms with E-state index in [4.69, 9.17) is 30.5 Å². The van der Waals surface area contributed by atoms with Crippen molar-refractivity contribution in [2.75, 3.05) is 33.8 Å². The predicted molar refractivity (Wildman–Crippen MR) is 112 cm³/mol. The summed E-state index contributed by atoms with van der Waals surface area (Å²) in [7, 11) is 5.80. The minimum atomic E-state index is -1.41. The van der Waals surface area contributed by atoms with Crippen molar-refractivity contribution in [2.24, 2.45) is 10.2 Å². The van der Waals surface area contributed by atoms with Gasteiger partial charge in [0.1, 0.15) is 16.5 Å². The summed E-state index contributed by atoms with van der Waals surface area (Å²) >= 11 is 6.28. The Morgan fingerprint density at radius 2 is 1.53 bits per heavy atom. The van der Waals surface area contributed by atoms with E-state index in [2.05, 4.69) is 15.5 Å². The molecular weight excluding hydrogens is 414 g/mol. The number of halogens is 1. The summed E-state index contributed by atoms with van der Waals surface area (Å²) in [4.78, 5) is 24.8. The first-order chi connectivity index (χ1) is 14.4. The molecule has 1 N–H and O–H groups in total. The lowest BCUT2D eigenvalue weighted by molar-refractivity contribution is -0.126. The molecule has 0 bridgehead atoms. The van der Waals surface area contributed by atoms with Crippen molar-refractivity contribution in [3.63, 3.8) is 0 Å². The van der Waals surface area contributed by atoms with Gasteiger partial charge in [-0.1, -0.05) is 17.7 Å². The van der Waals surface area contributed by atoms with Crippen LogP contribution in [0, 0.1) is 0 Å². The van der Waals surface area contributed by atoms with E-state index in [-0.39, 0.29) is 22.1 Å². The second-order valence-corrected chi connectivity index (χ2v) is 6.27. The maximum atomic E-state index is 12.7. The molecule has 160 valence electrons. The van der Waals surface area contributed by atoms with E-state index in [0.29, 0.717) is 17.2 Å². The van der Waals surface area contributed by atoms with E-state index >= 15 is 0 Å². The number of ketones is 1. The van der Waals surface area contributed by atoms with Gasteiger partial charge in [0, 0.05) is 0 Å². The number of hydrogen-bond acceptors (Lipinski definition) is 8. The molecule has 9 nitrogen and oxygen atoms in total. The van der Waals surface area contributed by atoms with Crippen LogP contribution in [-0.4, -0.2) is 46.2 Å². The zero-order valence-electron chi connectivity index (χ0n) is 17.2. The first kappa shape index (κ1) is 23.0. The molecule has 0 spiro atoms. The number of amides is 1. The van der Waals surface area contributed by atoms with Crippen LogP contribution in [0.3, 0.4) is 0 Å². The smallest absolute Gasteiger partial charge is 0.258 e. The number of carbonyl (C=O) groups is 2. The van der Waals surface area contributed by atoms with Crippen LogP contribution in [0.25, 0.3) is 0 Å². The summed E-state index contributed by atoms with van der Waals surface area (Å²) in [5.41, 5.74) is 0.487. The summed E-state index contributed by atoms with van der Waals surface area (Å²) in [5, 5.41) is 10.6. The van der Waals surface area contributed by atoms with E-state index in [1.165, 1.54) is 41.4 Å². The molecule has 0 aromatic heterocycles. The predicted octanol–water partition coefficient (Wildman–Crippen LogP) is 4.05. The summed E-state index contributed by atoms with van der Waals surface area (Å²) < 4.78 is 20.8. The zero-order valence-corrected chi connectivity index (χ0v) is 17.9. The molecule has 1 amide bonds. The Morgan fingerprint density at radius 1 is 0.933 bits per heavy atom. The molecule has 30 heavy (non-hydrogen) atoms. The fraction of sp³-hybridized carbons (Fsp3) is 0.300. The standard InChI is InChI=1S/C20H22ClN3O6/c1-11(25)17(23-24-18-13(27-2)7-6-8-14(18)28-3)20(26)22-12-9-10-15(29-4)19(30-5)16(12)21/h6-10,17H,1-5H3,(H,22,26). The van der Waals surface area contributed by atoms with Crippen LogP contribution in [0.5, 0.6) is 23.0 Å². The van der Waals surface area contributed by atoms with Crippen LogP contribution in [0.2, 0.25) is 5.02 Å². The quantitative estimate of drug-likeness (QED) is 0.470. The Morgan fingerprint density at radius 3 is 2.03 bits per heavy atom. The van der Waals surface area contributed by atoms with Crippen molar-refractivity contribution in [3.8, 4) is 23.0 Å². The highest BCUT2D eigenvalue weighted by Gasteiger charge is 2.25. The third-order valence-corrected chi connectivity index (χ3v) is 4.43. The summed E-state index contributed by atoms with van der Waals surface area (Å²) in [6, 6.07) is 6.71. The maximum absolute atomic E-state index is 12.7. The molecule has 2 aromatic rings. The van der Waals surface area contributed by atoms with E-state index in [9.17, 15) is 9.59 Å². The molecule has 0 saturated carbocycles. The second kappa shape index (κ2) is 10.4. The van der Waals surface area contributed by atoms with E-state index in [0.717, 1.165) is 0 Å². The number of carbonyl (C=O) groups excluding carboxylic acids is 2. The van der Waals surface area contributed by atoms with Crippen LogP contribution in [-0.2, 0) is 9.59 Å². The molecule has 0 radical (unpaired) electrons. The van der Waals surface area contributed by atoms with Crippen LogP contribution in [0.1, 0.15) is 6.92 Å². The summed E-state index contributed by atoms with van der Waals surface area (Å²) in [6.07, 6.45) is 0. The largest absolute Gasteiger partial charge is 0.494 e. The van der Waals surface area contributed by atoms with E-state index in [1.807, 2.05) is 0 Å². The van der Waals surface area contributed by atoms with Crippen LogP contribution in [0.15, 0.2) is 40.6 Å². The molecule has 0 aliphatic rings. The molecule has 0 fully saturated rings. The van der Waals surface area contributed by atoms with Gasteiger partial charge in [0.15, 0.2) is 23.0 Å². The highest BCUT2D eigenvalue weighted by Crippen LogP contribution is 2.40. The van der Waals surface area contributed by atoms with Gasteiger partial charge in [0.25, 0.3) is 5.91 Å². The minimum absolute atomic E-state index is 0.121. The van der Waals surface area contributed by atoms with Crippen molar-refractivity contribution in [3.05, 3.63) is 35.4 Å². The number of azo groups is 1. The lowest BCUT2D eigenvalue weighted by Gasteiger charge is -2.15. The number of anilines is 1. The normalized spacial score (nSPS) is 11.7. The van der Waals surface area contributed by atoms with Crippen molar-refractivity contribution in [1.29, 1.82) is 0 Å². The highest BCUT2D eigenvalue weighted by atomic mass is 35.5. The number of hydrogen-bond donors (Lipinski definition) is 1. The number of ether oxygens (including phenoxy) is 4. The Hall–Kier alpha value is -3.33. The van der Waals surface area contributed by atoms with Crippen molar-refractivity contribution < 1.29 is 28.5 Å². The maximum Gasteiger partial charge on any atom is 0.258 e. The number of Topliss-reactive ketones (excluding diaryl/α,β-unsaturated/α-hetero) is 1. The molecule has 0 aliphatic heterocycles. The van der Waals surface area contributed by atoms with Gasteiger partial charge in [-0.2, -0.15) is 5.11 Å². The number of nitrogens with one attached hydrogen (secondary N) is 1. The van der Waals surface area contributed by atoms with Gasteiger partial charge in [-0.25, -0.2) is 0 Å². The molecule has 0 saturated heterocycles. The number of methoxy groups -OCH3 is 4. The van der Waals surface area contributed by atoms with E-state index < -0.39 is 17.7 Å². The summed E-state index contributed by atoms with van der Waals surface area (Å²) in [5.74, 6) is 0.173. The third-order valence-electron chi connectivity index (χ3n) is 4.05. The fourth-order valence-electron chi connectivity index (χ4n) is 2.55. The SMILES string of the molecule is COc1cccc(OC)c1N=NC(C(C)=O)C(=O)Nc1ccc(OC)c(OC)c1Cl. The molecule has 2 rings (SSSR count). The number of rotatable bonds is 9. The van der Waals surface area contributed by atoms with Gasteiger partial charge in [0.05, 0.1) is 34.1 Å². The van der Waals surface area contributed by atoms with Crippen molar-refractivity contribution in [1.82, 2.24) is 0 Å². The van der Waals surface area contributed by atoms with E-state index in [1.54, 1.807) is 24.3 Å². The van der Waals surface area contributed by atoms with Gasteiger partial charge in [-0.15, -0.1) is 5.11 Å². The molecular formula is C20H22ClN3O6. The van der Waals surface area contributed by atoms with Crippen molar-refractivity contribution in [2.45, 2.75) is 13.0 Å². The first-order valence-corrected chi connectivity index (χ1v) is 9.09. The molecule has 2 aromatic carbocycles. The topological polar surface area (TPSA) is 108 Å². The average molecular weight is 436 g/mol. The lowest BCUT2D eigenvalue weighted by Crippen LogP contribution is -2.32. The Bertz CT molecular complexity index is 942. The minimum Gasteiger partial charge on any atom is -0.494 e. The Kier molecular flexibility index (Phi) is 7.99. The molecule has 0 heterocycles. The van der Waals surface area contributed by atoms with Gasteiger partial charge >= 0.3 is 0 Å². The third kappa shape index (κ3) is 4.98. The molecule has 0 aliphatic carbocycles.